The summed E-state index contributed by atoms with van der Waals surface area (Å²) >= 11 is 0. The zero-order valence-electron chi connectivity index (χ0n) is 14.3. The Hall–Kier alpha value is -2.95. The fourth-order valence-corrected chi connectivity index (χ4v) is 2.29. The number of nitrogens with one attached hydrogen (secondary N) is 2. The molecule has 0 aliphatic rings. The van der Waals surface area contributed by atoms with E-state index in [1.165, 1.54) is 0 Å². The summed E-state index contributed by atoms with van der Waals surface area (Å²) in [6, 6.07) is 13.2. The second-order valence-electron chi connectivity index (χ2n) is 5.78. The maximum absolute atomic E-state index is 11.9. The quantitative estimate of drug-likeness (QED) is 0.518. The van der Waals surface area contributed by atoms with E-state index in [4.69, 9.17) is 0 Å². The SMILES string of the molecule is C/C(=N/NC(=O)C(=O)Nc1ccc(C)cc1)c1ccc(C)cc1C. The first-order valence-electron chi connectivity index (χ1n) is 7.66. The van der Waals surface area contributed by atoms with Crippen molar-refractivity contribution in [2.75, 3.05) is 5.32 Å². The number of anilines is 1. The third kappa shape index (κ3) is 4.52. The van der Waals surface area contributed by atoms with Crippen molar-refractivity contribution in [3.8, 4) is 0 Å². The highest BCUT2D eigenvalue weighted by atomic mass is 16.2. The van der Waals surface area contributed by atoms with Gasteiger partial charge in [-0.15, -0.1) is 0 Å². The Morgan fingerprint density at radius 1 is 0.875 bits per heavy atom. The van der Waals surface area contributed by atoms with Crippen molar-refractivity contribution in [2.45, 2.75) is 27.7 Å². The van der Waals surface area contributed by atoms with Crippen LogP contribution in [0.2, 0.25) is 0 Å². The highest BCUT2D eigenvalue weighted by molar-refractivity contribution is 6.39. The normalized spacial score (nSPS) is 11.1. The number of hydrogen-bond donors (Lipinski definition) is 2. The van der Waals surface area contributed by atoms with Crippen LogP contribution in [0.15, 0.2) is 47.6 Å². The number of hydrogen-bond acceptors (Lipinski definition) is 3. The number of aryl methyl sites for hydroxylation is 3. The lowest BCUT2D eigenvalue weighted by molar-refractivity contribution is -0.136. The molecule has 5 nitrogen and oxygen atoms in total. The van der Waals surface area contributed by atoms with Gasteiger partial charge in [-0.1, -0.05) is 41.5 Å². The first-order valence-corrected chi connectivity index (χ1v) is 7.66. The predicted molar refractivity (Wildman–Crippen MR) is 96.1 cm³/mol. The highest BCUT2D eigenvalue weighted by Crippen LogP contribution is 2.11. The summed E-state index contributed by atoms with van der Waals surface area (Å²) in [6.07, 6.45) is 0. The van der Waals surface area contributed by atoms with E-state index < -0.39 is 11.8 Å². The van der Waals surface area contributed by atoms with Crippen molar-refractivity contribution in [1.82, 2.24) is 5.43 Å². The lowest BCUT2D eigenvalue weighted by Crippen LogP contribution is -2.33. The van der Waals surface area contributed by atoms with Crippen LogP contribution in [-0.2, 0) is 9.59 Å². The van der Waals surface area contributed by atoms with Gasteiger partial charge < -0.3 is 5.32 Å². The number of benzene rings is 2. The Balaban J connectivity index is 2.00. The standard InChI is InChI=1S/C19H21N3O2/c1-12-5-8-16(9-6-12)20-18(23)19(24)22-21-15(4)17-10-7-13(2)11-14(17)3/h5-11H,1-4H3,(H,20,23)(H,22,24)/b21-15-. The molecular formula is C19H21N3O2. The van der Waals surface area contributed by atoms with Gasteiger partial charge in [-0.2, -0.15) is 5.10 Å². The number of nitrogens with zero attached hydrogens (tertiary/aromatic N) is 1. The maximum Gasteiger partial charge on any atom is 0.329 e. The van der Waals surface area contributed by atoms with Crippen molar-refractivity contribution in [3.63, 3.8) is 0 Å². The number of hydrazone groups is 1. The monoisotopic (exact) mass is 323 g/mol. The molecule has 0 aliphatic carbocycles. The van der Waals surface area contributed by atoms with E-state index in [1.54, 1.807) is 19.1 Å². The van der Waals surface area contributed by atoms with Gasteiger partial charge in [0.1, 0.15) is 0 Å². The van der Waals surface area contributed by atoms with Crippen molar-refractivity contribution >= 4 is 23.2 Å². The van der Waals surface area contributed by atoms with Crippen LogP contribution in [-0.4, -0.2) is 17.5 Å². The molecule has 0 heterocycles. The molecular weight excluding hydrogens is 302 g/mol. The zero-order valence-corrected chi connectivity index (χ0v) is 14.3. The third-order valence-corrected chi connectivity index (χ3v) is 3.61. The predicted octanol–water partition coefficient (Wildman–Crippen LogP) is 3.09. The summed E-state index contributed by atoms with van der Waals surface area (Å²) in [7, 11) is 0. The van der Waals surface area contributed by atoms with Crippen LogP contribution in [0.5, 0.6) is 0 Å². The largest absolute Gasteiger partial charge is 0.329 e. The smallest absolute Gasteiger partial charge is 0.318 e. The molecule has 2 amide bonds. The molecule has 0 fully saturated rings. The average Bonchev–Trinajstić information content (AvgIpc) is 2.54. The van der Waals surface area contributed by atoms with Gasteiger partial charge in [-0.05, 0) is 45.4 Å². The lowest BCUT2D eigenvalue weighted by atomic mass is 10.0. The highest BCUT2D eigenvalue weighted by Gasteiger charge is 2.13. The van der Waals surface area contributed by atoms with Crippen LogP contribution in [0.4, 0.5) is 5.69 Å². The second-order valence-corrected chi connectivity index (χ2v) is 5.78. The van der Waals surface area contributed by atoms with Crippen LogP contribution in [0.1, 0.15) is 29.2 Å². The number of rotatable bonds is 3. The van der Waals surface area contributed by atoms with E-state index in [0.717, 1.165) is 22.3 Å². The van der Waals surface area contributed by atoms with E-state index in [2.05, 4.69) is 15.8 Å². The Labute approximate surface area is 141 Å². The van der Waals surface area contributed by atoms with E-state index >= 15 is 0 Å². The summed E-state index contributed by atoms with van der Waals surface area (Å²) in [5.74, 6) is -1.56. The van der Waals surface area contributed by atoms with Gasteiger partial charge in [0.15, 0.2) is 0 Å². The fraction of sp³-hybridized carbons (Fsp3) is 0.211. The van der Waals surface area contributed by atoms with Crippen LogP contribution < -0.4 is 10.7 Å². The molecule has 2 aromatic carbocycles. The molecule has 2 N–H and O–H groups in total. The summed E-state index contributed by atoms with van der Waals surface area (Å²) in [5.41, 5.74) is 7.73. The number of carbonyl (C=O) groups excluding carboxylic acids is 2. The van der Waals surface area contributed by atoms with Gasteiger partial charge in [0.2, 0.25) is 0 Å². The van der Waals surface area contributed by atoms with Gasteiger partial charge >= 0.3 is 11.8 Å². The Kier molecular flexibility index (Phi) is 5.47. The lowest BCUT2D eigenvalue weighted by Gasteiger charge is -2.07. The molecule has 0 aromatic heterocycles. The summed E-state index contributed by atoms with van der Waals surface area (Å²) in [5, 5.41) is 6.55. The Morgan fingerprint density at radius 3 is 2.12 bits per heavy atom. The fourth-order valence-electron chi connectivity index (χ4n) is 2.29. The van der Waals surface area contributed by atoms with E-state index in [-0.39, 0.29) is 0 Å². The van der Waals surface area contributed by atoms with E-state index in [0.29, 0.717) is 11.4 Å². The molecule has 2 aromatic rings. The van der Waals surface area contributed by atoms with Gasteiger partial charge in [0.05, 0.1) is 5.71 Å². The van der Waals surface area contributed by atoms with Crippen molar-refractivity contribution < 1.29 is 9.59 Å². The molecule has 0 aliphatic heterocycles. The summed E-state index contributed by atoms with van der Waals surface area (Å²) in [4.78, 5) is 23.7. The van der Waals surface area contributed by atoms with Crippen molar-refractivity contribution in [2.24, 2.45) is 5.10 Å². The van der Waals surface area contributed by atoms with Crippen LogP contribution in [0.3, 0.4) is 0 Å². The molecule has 0 radical (unpaired) electrons. The minimum absolute atomic E-state index is 0.566. The molecule has 0 unspecified atom stereocenters. The minimum Gasteiger partial charge on any atom is -0.318 e. The second kappa shape index (κ2) is 7.55. The third-order valence-electron chi connectivity index (χ3n) is 3.61. The average molecular weight is 323 g/mol. The number of carbonyl (C=O) groups is 2. The van der Waals surface area contributed by atoms with Gasteiger partial charge in [0.25, 0.3) is 0 Å². The molecule has 0 saturated carbocycles. The van der Waals surface area contributed by atoms with E-state index in [1.807, 2.05) is 51.1 Å². The van der Waals surface area contributed by atoms with Crippen molar-refractivity contribution in [3.05, 3.63) is 64.7 Å². The van der Waals surface area contributed by atoms with E-state index in [9.17, 15) is 9.59 Å². The van der Waals surface area contributed by atoms with Gasteiger partial charge in [-0.3, -0.25) is 9.59 Å². The molecule has 0 bridgehead atoms. The van der Waals surface area contributed by atoms with Gasteiger partial charge in [-0.25, -0.2) is 5.43 Å². The zero-order chi connectivity index (χ0) is 17.7. The molecule has 24 heavy (non-hydrogen) atoms. The minimum atomic E-state index is -0.806. The van der Waals surface area contributed by atoms with Crippen LogP contribution in [0, 0.1) is 20.8 Å². The first-order chi connectivity index (χ1) is 11.4. The maximum atomic E-state index is 11.9. The summed E-state index contributed by atoms with van der Waals surface area (Å²) in [6.45, 7) is 7.73. The van der Waals surface area contributed by atoms with Gasteiger partial charge in [0, 0.05) is 11.3 Å². The van der Waals surface area contributed by atoms with Crippen LogP contribution in [0.25, 0.3) is 0 Å². The summed E-state index contributed by atoms with van der Waals surface area (Å²) < 4.78 is 0. The first kappa shape index (κ1) is 17.4. The molecule has 0 atom stereocenters. The molecule has 5 heteroatoms. The molecule has 0 spiro atoms. The van der Waals surface area contributed by atoms with Crippen LogP contribution >= 0.6 is 0 Å². The molecule has 2 rings (SSSR count). The Morgan fingerprint density at radius 2 is 1.50 bits per heavy atom. The number of amides is 2. The molecule has 124 valence electrons. The topological polar surface area (TPSA) is 70.6 Å². The Bertz CT molecular complexity index is 793. The molecule has 0 saturated heterocycles. The van der Waals surface area contributed by atoms with Crippen molar-refractivity contribution in [1.29, 1.82) is 0 Å².